The first-order valence-corrected chi connectivity index (χ1v) is 6.02. The molecule has 0 aliphatic heterocycles. The van der Waals surface area contributed by atoms with Crippen molar-refractivity contribution in [3.8, 4) is 5.75 Å². The maximum Gasteiger partial charge on any atom is 0.170 e. The number of carbonyl (C=O) groups excluding carboxylic acids is 1. The summed E-state index contributed by atoms with van der Waals surface area (Å²) >= 11 is 0. The first-order valence-electron chi connectivity index (χ1n) is 6.02. The average Bonchev–Trinajstić information content (AvgIpc) is 2.28. The van der Waals surface area contributed by atoms with Crippen molar-refractivity contribution in [1.82, 2.24) is 0 Å². The molecule has 1 saturated carbocycles. The molecule has 1 aromatic rings. The summed E-state index contributed by atoms with van der Waals surface area (Å²) in [6.45, 7) is 2.41. The van der Waals surface area contributed by atoms with Gasteiger partial charge in [0, 0.05) is 17.5 Å². The van der Waals surface area contributed by atoms with E-state index in [2.05, 4.69) is 0 Å². The van der Waals surface area contributed by atoms with E-state index in [0.29, 0.717) is 6.54 Å². The maximum atomic E-state index is 12.4. The molecule has 17 heavy (non-hydrogen) atoms. The van der Waals surface area contributed by atoms with E-state index >= 15 is 0 Å². The quantitative estimate of drug-likeness (QED) is 0.812. The van der Waals surface area contributed by atoms with Crippen LogP contribution in [0.3, 0.4) is 0 Å². The number of aryl methyl sites for hydroxylation is 1. The fourth-order valence-corrected chi connectivity index (χ4v) is 2.45. The average molecular weight is 233 g/mol. The summed E-state index contributed by atoms with van der Waals surface area (Å²) in [4.78, 5) is 12.4. The number of hydrogen-bond acceptors (Lipinski definition) is 3. The summed E-state index contributed by atoms with van der Waals surface area (Å²) in [7, 11) is 1.64. The minimum atomic E-state index is -0.291. The fraction of sp³-hybridized carbons (Fsp3) is 0.500. The van der Waals surface area contributed by atoms with Gasteiger partial charge in [0.2, 0.25) is 0 Å². The molecule has 0 heterocycles. The molecule has 3 heteroatoms. The molecule has 0 saturated heterocycles. The van der Waals surface area contributed by atoms with Gasteiger partial charge in [0.1, 0.15) is 5.75 Å². The highest BCUT2D eigenvalue weighted by Crippen LogP contribution is 2.42. The molecule has 0 aromatic heterocycles. The van der Waals surface area contributed by atoms with Gasteiger partial charge in [0.25, 0.3) is 0 Å². The third-order valence-electron chi connectivity index (χ3n) is 3.84. The van der Waals surface area contributed by atoms with Crippen molar-refractivity contribution in [3.63, 3.8) is 0 Å². The van der Waals surface area contributed by atoms with Crippen LogP contribution in [0.25, 0.3) is 0 Å². The summed E-state index contributed by atoms with van der Waals surface area (Å²) in [5.41, 5.74) is 7.21. The molecule has 1 aliphatic carbocycles. The lowest BCUT2D eigenvalue weighted by Crippen LogP contribution is -2.44. The van der Waals surface area contributed by atoms with E-state index in [1.807, 2.05) is 25.1 Å². The van der Waals surface area contributed by atoms with Crippen LogP contribution in [0.5, 0.6) is 5.75 Å². The van der Waals surface area contributed by atoms with E-state index in [0.717, 1.165) is 36.1 Å². The molecule has 1 aromatic carbocycles. The van der Waals surface area contributed by atoms with Crippen LogP contribution in [0.1, 0.15) is 35.2 Å². The Hall–Kier alpha value is -1.35. The van der Waals surface area contributed by atoms with Crippen molar-refractivity contribution in [2.24, 2.45) is 11.1 Å². The number of Topliss-reactive ketones (excluding diaryl/α,β-unsaturated/α-hetero) is 1. The summed E-state index contributed by atoms with van der Waals surface area (Å²) in [6.07, 6.45) is 2.96. The van der Waals surface area contributed by atoms with Crippen LogP contribution in [0.15, 0.2) is 18.2 Å². The molecule has 0 atom stereocenters. The topological polar surface area (TPSA) is 52.3 Å². The molecule has 2 N–H and O–H groups in total. The van der Waals surface area contributed by atoms with Gasteiger partial charge in [-0.3, -0.25) is 4.79 Å². The van der Waals surface area contributed by atoms with E-state index < -0.39 is 0 Å². The highest BCUT2D eigenvalue weighted by Gasteiger charge is 2.42. The van der Waals surface area contributed by atoms with Crippen molar-refractivity contribution in [2.45, 2.75) is 26.2 Å². The molecule has 2 rings (SSSR count). The third kappa shape index (κ3) is 1.95. The van der Waals surface area contributed by atoms with Crippen LogP contribution in [0.4, 0.5) is 0 Å². The minimum Gasteiger partial charge on any atom is -0.496 e. The predicted octanol–water partition coefficient (Wildman–Crippen LogP) is 2.32. The summed E-state index contributed by atoms with van der Waals surface area (Å²) in [5.74, 6) is 1.01. The van der Waals surface area contributed by atoms with Gasteiger partial charge < -0.3 is 10.5 Å². The molecule has 3 nitrogen and oxygen atoms in total. The number of methoxy groups -OCH3 is 1. The molecule has 0 radical (unpaired) electrons. The zero-order valence-electron chi connectivity index (χ0n) is 10.5. The molecular formula is C14H19NO2. The van der Waals surface area contributed by atoms with Crippen LogP contribution in [-0.4, -0.2) is 19.4 Å². The Morgan fingerprint density at radius 1 is 1.47 bits per heavy atom. The van der Waals surface area contributed by atoms with Crippen molar-refractivity contribution in [1.29, 1.82) is 0 Å². The van der Waals surface area contributed by atoms with Crippen LogP contribution >= 0.6 is 0 Å². The predicted molar refractivity (Wildman–Crippen MR) is 67.4 cm³/mol. The van der Waals surface area contributed by atoms with Crippen molar-refractivity contribution >= 4 is 5.78 Å². The van der Waals surface area contributed by atoms with Crippen molar-refractivity contribution in [2.75, 3.05) is 13.7 Å². The number of ether oxygens (including phenoxy) is 1. The Balaban J connectivity index is 2.28. The normalized spacial score (nSPS) is 17.4. The highest BCUT2D eigenvalue weighted by atomic mass is 16.5. The number of ketones is 1. The zero-order chi connectivity index (χ0) is 12.5. The monoisotopic (exact) mass is 233 g/mol. The Labute approximate surface area is 102 Å². The molecule has 1 aliphatic rings. The summed E-state index contributed by atoms with van der Waals surface area (Å²) in [5, 5.41) is 0. The first-order chi connectivity index (χ1) is 8.13. The largest absolute Gasteiger partial charge is 0.496 e. The van der Waals surface area contributed by atoms with Crippen LogP contribution in [0, 0.1) is 12.3 Å². The first kappa shape index (κ1) is 12.1. The number of nitrogens with two attached hydrogens (primary N) is 1. The van der Waals surface area contributed by atoms with Crippen LogP contribution < -0.4 is 10.5 Å². The van der Waals surface area contributed by atoms with Crippen LogP contribution in [-0.2, 0) is 0 Å². The Morgan fingerprint density at radius 2 is 2.18 bits per heavy atom. The molecule has 0 spiro atoms. The van der Waals surface area contributed by atoms with Crippen molar-refractivity contribution < 1.29 is 9.53 Å². The lowest BCUT2D eigenvalue weighted by atomic mass is 9.64. The van der Waals surface area contributed by atoms with Gasteiger partial charge in [-0.05, 0) is 43.5 Å². The molecular weight excluding hydrogens is 214 g/mol. The second-order valence-electron chi connectivity index (χ2n) is 4.85. The van der Waals surface area contributed by atoms with Gasteiger partial charge in [-0.25, -0.2) is 0 Å². The van der Waals surface area contributed by atoms with Gasteiger partial charge in [-0.1, -0.05) is 6.42 Å². The lowest BCUT2D eigenvalue weighted by molar-refractivity contribution is 0.0636. The van der Waals surface area contributed by atoms with Gasteiger partial charge in [-0.15, -0.1) is 0 Å². The van der Waals surface area contributed by atoms with E-state index in [4.69, 9.17) is 10.5 Å². The Bertz CT molecular complexity index is 430. The van der Waals surface area contributed by atoms with Gasteiger partial charge in [0.15, 0.2) is 5.78 Å². The van der Waals surface area contributed by atoms with E-state index in [9.17, 15) is 4.79 Å². The number of hydrogen-bond donors (Lipinski definition) is 1. The summed E-state index contributed by atoms with van der Waals surface area (Å²) < 4.78 is 5.20. The third-order valence-corrected chi connectivity index (χ3v) is 3.84. The minimum absolute atomic E-state index is 0.192. The number of carbonyl (C=O) groups is 1. The summed E-state index contributed by atoms with van der Waals surface area (Å²) in [6, 6.07) is 5.59. The van der Waals surface area contributed by atoms with Gasteiger partial charge >= 0.3 is 0 Å². The van der Waals surface area contributed by atoms with Crippen molar-refractivity contribution in [3.05, 3.63) is 29.3 Å². The molecule has 0 amide bonds. The Kier molecular flexibility index (Phi) is 3.20. The second-order valence-corrected chi connectivity index (χ2v) is 4.85. The molecule has 1 fully saturated rings. The van der Waals surface area contributed by atoms with E-state index in [-0.39, 0.29) is 11.2 Å². The van der Waals surface area contributed by atoms with E-state index in [1.54, 1.807) is 7.11 Å². The SMILES string of the molecule is COc1ccc(C(=O)C2(CN)CCC2)cc1C. The lowest BCUT2D eigenvalue weighted by Gasteiger charge is -2.39. The maximum absolute atomic E-state index is 12.4. The highest BCUT2D eigenvalue weighted by molar-refractivity contribution is 6.01. The molecule has 0 unspecified atom stereocenters. The van der Waals surface area contributed by atoms with E-state index in [1.165, 1.54) is 0 Å². The number of benzene rings is 1. The smallest absolute Gasteiger partial charge is 0.170 e. The zero-order valence-corrected chi connectivity index (χ0v) is 10.5. The van der Waals surface area contributed by atoms with Gasteiger partial charge in [-0.2, -0.15) is 0 Å². The Morgan fingerprint density at radius 3 is 2.59 bits per heavy atom. The molecule has 92 valence electrons. The van der Waals surface area contributed by atoms with Crippen LogP contribution in [0.2, 0.25) is 0 Å². The standard InChI is InChI=1S/C14H19NO2/c1-10-8-11(4-5-12(10)17-2)13(16)14(9-15)6-3-7-14/h4-5,8H,3,6-7,9,15H2,1-2H3. The fourth-order valence-electron chi connectivity index (χ4n) is 2.45. The number of rotatable bonds is 4. The van der Waals surface area contributed by atoms with Gasteiger partial charge in [0.05, 0.1) is 7.11 Å². The molecule has 0 bridgehead atoms. The second kappa shape index (κ2) is 4.49.